The molecule has 0 aliphatic carbocycles. The number of halogens is 1. The Morgan fingerprint density at radius 1 is 1.56 bits per heavy atom. The lowest BCUT2D eigenvalue weighted by molar-refractivity contribution is -0.132. The Morgan fingerprint density at radius 2 is 2.33 bits per heavy atom. The molecule has 1 amide bonds. The van der Waals surface area contributed by atoms with E-state index in [2.05, 4.69) is 5.32 Å². The van der Waals surface area contributed by atoms with Crippen LogP contribution in [0.25, 0.3) is 0 Å². The molecule has 1 N–H and O–H groups in total. The molecule has 98 valence electrons. The molecule has 1 aliphatic heterocycles. The van der Waals surface area contributed by atoms with Crippen molar-refractivity contribution in [2.24, 2.45) is 0 Å². The van der Waals surface area contributed by atoms with Crippen molar-refractivity contribution < 1.29 is 9.18 Å². The molecule has 1 heterocycles. The Bertz CT molecular complexity index is 447. The summed E-state index contributed by atoms with van der Waals surface area (Å²) in [4.78, 5) is 13.6. The summed E-state index contributed by atoms with van der Waals surface area (Å²) in [6.07, 6.45) is 0.537. The lowest BCUT2D eigenvalue weighted by atomic mass is 9.99. The van der Waals surface area contributed by atoms with Gasteiger partial charge in [-0.3, -0.25) is 4.79 Å². The first-order valence-electron chi connectivity index (χ1n) is 6.39. The van der Waals surface area contributed by atoms with Gasteiger partial charge in [0.15, 0.2) is 0 Å². The summed E-state index contributed by atoms with van der Waals surface area (Å²) in [5, 5.41) is 3.39. The van der Waals surface area contributed by atoms with Crippen molar-refractivity contribution in [3.63, 3.8) is 0 Å². The Kier molecular flexibility index (Phi) is 3.97. The van der Waals surface area contributed by atoms with Crippen LogP contribution in [0.1, 0.15) is 30.5 Å². The number of hydrogen-bond acceptors (Lipinski definition) is 2. The third-order valence-corrected chi connectivity index (χ3v) is 3.44. The van der Waals surface area contributed by atoms with E-state index in [1.54, 1.807) is 0 Å². The van der Waals surface area contributed by atoms with Crippen molar-refractivity contribution in [2.45, 2.75) is 26.3 Å². The van der Waals surface area contributed by atoms with Crippen LogP contribution in [0.5, 0.6) is 0 Å². The zero-order valence-corrected chi connectivity index (χ0v) is 10.9. The first-order chi connectivity index (χ1) is 8.61. The zero-order chi connectivity index (χ0) is 13.1. The first kappa shape index (κ1) is 13.0. The van der Waals surface area contributed by atoms with Gasteiger partial charge in [-0.05, 0) is 30.2 Å². The SMILES string of the molecule is CCC(=O)N1CCNC(c2ccc(F)cc2C)C1. The Balaban J connectivity index is 2.15. The van der Waals surface area contributed by atoms with E-state index >= 15 is 0 Å². The number of hydrogen-bond donors (Lipinski definition) is 1. The molecule has 3 nitrogen and oxygen atoms in total. The molecule has 1 aromatic rings. The molecule has 0 bridgehead atoms. The molecule has 0 saturated carbocycles. The van der Waals surface area contributed by atoms with Gasteiger partial charge in [-0.1, -0.05) is 13.0 Å². The zero-order valence-electron chi connectivity index (χ0n) is 10.9. The van der Waals surface area contributed by atoms with E-state index < -0.39 is 0 Å². The highest BCUT2D eigenvalue weighted by Crippen LogP contribution is 2.22. The van der Waals surface area contributed by atoms with Crippen molar-refractivity contribution in [3.05, 3.63) is 35.1 Å². The minimum atomic E-state index is -0.214. The van der Waals surface area contributed by atoms with Crippen LogP contribution >= 0.6 is 0 Å². The summed E-state index contributed by atoms with van der Waals surface area (Å²) in [7, 11) is 0. The third kappa shape index (κ3) is 2.70. The quantitative estimate of drug-likeness (QED) is 0.871. The molecule has 0 aromatic heterocycles. The highest BCUT2D eigenvalue weighted by Gasteiger charge is 2.24. The first-order valence-corrected chi connectivity index (χ1v) is 6.39. The molecule has 2 rings (SSSR count). The molecular weight excluding hydrogens is 231 g/mol. The second kappa shape index (κ2) is 5.48. The summed E-state index contributed by atoms with van der Waals surface area (Å²) < 4.78 is 13.1. The maximum Gasteiger partial charge on any atom is 0.222 e. The number of aryl methyl sites for hydroxylation is 1. The fourth-order valence-corrected chi connectivity index (χ4v) is 2.44. The van der Waals surface area contributed by atoms with Gasteiger partial charge in [-0.25, -0.2) is 4.39 Å². The van der Waals surface area contributed by atoms with Gasteiger partial charge in [-0.15, -0.1) is 0 Å². The Hall–Kier alpha value is -1.42. The summed E-state index contributed by atoms with van der Waals surface area (Å²) in [6, 6.07) is 4.93. The molecule has 1 unspecified atom stereocenters. The van der Waals surface area contributed by atoms with E-state index in [1.807, 2.05) is 24.8 Å². The van der Waals surface area contributed by atoms with Gasteiger partial charge in [0.1, 0.15) is 5.82 Å². The summed E-state index contributed by atoms with van der Waals surface area (Å²) >= 11 is 0. The van der Waals surface area contributed by atoms with Crippen LogP contribution in [0.4, 0.5) is 4.39 Å². The normalized spacial score (nSPS) is 19.9. The van der Waals surface area contributed by atoms with Gasteiger partial charge in [0.25, 0.3) is 0 Å². The van der Waals surface area contributed by atoms with Crippen LogP contribution < -0.4 is 5.32 Å². The highest BCUT2D eigenvalue weighted by atomic mass is 19.1. The second-order valence-corrected chi connectivity index (χ2v) is 4.70. The van der Waals surface area contributed by atoms with Gasteiger partial charge >= 0.3 is 0 Å². The summed E-state index contributed by atoms with van der Waals surface area (Å²) in [6.45, 7) is 5.99. The number of piperazine rings is 1. The fraction of sp³-hybridized carbons (Fsp3) is 0.500. The number of benzene rings is 1. The highest BCUT2D eigenvalue weighted by molar-refractivity contribution is 5.76. The van der Waals surface area contributed by atoms with E-state index in [-0.39, 0.29) is 17.8 Å². The van der Waals surface area contributed by atoms with E-state index in [4.69, 9.17) is 0 Å². The molecule has 1 fully saturated rings. The van der Waals surface area contributed by atoms with Crippen LogP contribution in [0.2, 0.25) is 0 Å². The van der Waals surface area contributed by atoms with Crippen LogP contribution in [0.15, 0.2) is 18.2 Å². The molecule has 0 radical (unpaired) electrons. The van der Waals surface area contributed by atoms with Crippen molar-refractivity contribution in [1.82, 2.24) is 10.2 Å². The van der Waals surface area contributed by atoms with Crippen LogP contribution in [0, 0.1) is 12.7 Å². The monoisotopic (exact) mass is 250 g/mol. The van der Waals surface area contributed by atoms with E-state index in [9.17, 15) is 9.18 Å². The van der Waals surface area contributed by atoms with Crippen molar-refractivity contribution >= 4 is 5.91 Å². The number of nitrogens with zero attached hydrogens (tertiary/aromatic N) is 1. The van der Waals surface area contributed by atoms with Crippen LogP contribution in [0.3, 0.4) is 0 Å². The Morgan fingerprint density at radius 3 is 3.00 bits per heavy atom. The Labute approximate surface area is 107 Å². The van der Waals surface area contributed by atoms with E-state index in [0.717, 1.165) is 24.2 Å². The smallest absolute Gasteiger partial charge is 0.222 e. The molecular formula is C14H19FN2O. The molecule has 4 heteroatoms. The predicted octanol–water partition coefficient (Wildman–Crippen LogP) is 2.02. The van der Waals surface area contributed by atoms with Crippen LogP contribution in [-0.4, -0.2) is 30.4 Å². The predicted molar refractivity (Wildman–Crippen MR) is 68.8 cm³/mol. The molecule has 1 atom stereocenters. The minimum Gasteiger partial charge on any atom is -0.340 e. The lowest BCUT2D eigenvalue weighted by Gasteiger charge is -2.34. The van der Waals surface area contributed by atoms with Gasteiger partial charge in [0.2, 0.25) is 5.91 Å². The third-order valence-electron chi connectivity index (χ3n) is 3.44. The number of rotatable bonds is 2. The number of amides is 1. The molecule has 1 saturated heterocycles. The average molecular weight is 250 g/mol. The minimum absolute atomic E-state index is 0.106. The fourth-order valence-electron chi connectivity index (χ4n) is 2.44. The standard InChI is InChI=1S/C14H19FN2O/c1-3-14(18)17-7-6-16-13(9-17)12-5-4-11(15)8-10(12)2/h4-5,8,13,16H,3,6-7,9H2,1-2H3. The van der Waals surface area contributed by atoms with Gasteiger partial charge in [0, 0.05) is 26.1 Å². The second-order valence-electron chi connectivity index (χ2n) is 4.70. The van der Waals surface area contributed by atoms with Crippen LogP contribution in [-0.2, 0) is 4.79 Å². The molecule has 1 aliphatic rings. The lowest BCUT2D eigenvalue weighted by Crippen LogP contribution is -2.48. The summed E-state index contributed by atoms with van der Waals surface area (Å²) in [5.41, 5.74) is 2.00. The van der Waals surface area contributed by atoms with Crippen molar-refractivity contribution in [1.29, 1.82) is 0 Å². The van der Waals surface area contributed by atoms with E-state index in [0.29, 0.717) is 13.0 Å². The number of carbonyl (C=O) groups is 1. The molecule has 18 heavy (non-hydrogen) atoms. The van der Waals surface area contributed by atoms with Crippen molar-refractivity contribution in [2.75, 3.05) is 19.6 Å². The van der Waals surface area contributed by atoms with E-state index in [1.165, 1.54) is 12.1 Å². The maximum atomic E-state index is 13.1. The topological polar surface area (TPSA) is 32.3 Å². The molecule has 0 spiro atoms. The van der Waals surface area contributed by atoms with Crippen molar-refractivity contribution in [3.8, 4) is 0 Å². The summed E-state index contributed by atoms with van der Waals surface area (Å²) in [5.74, 6) is -0.0326. The number of carbonyl (C=O) groups excluding carboxylic acids is 1. The van der Waals surface area contributed by atoms with Gasteiger partial charge < -0.3 is 10.2 Å². The molecule has 1 aromatic carbocycles. The average Bonchev–Trinajstić information content (AvgIpc) is 2.38. The van der Waals surface area contributed by atoms with Gasteiger partial charge in [0.05, 0.1) is 6.04 Å². The van der Waals surface area contributed by atoms with Gasteiger partial charge in [-0.2, -0.15) is 0 Å². The largest absolute Gasteiger partial charge is 0.340 e. The maximum absolute atomic E-state index is 13.1. The number of nitrogens with one attached hydrogen (secondary N) is 1.